The highest BCUT2D eigenvalue weighted by Crippen LogP contribution is 2.46. The number of methoxy groups -OCH3 is 1. The van der Waals surface area contributed by atoms with Crippen LogP contribution in [0.25, 0.3) is 0 Å². The second-order valence-corrected chi connectivity index (χ2v) is 7.32. The molecule has 0 bridgehead atoms. The van der Waals surface area contributed by atoms with Crippen molar-refractivity contribution in [1.82, 2.24) is 9.78 Å². The molecule has 1 saturated heterocycles. The zero-order chi connectivity index (χ0) is 13.2. The van der Waals surface area contributed by atoms with E-state index in [1.807, 2.05) is 22.6 Å². The fourth-order valence-corrected chi connectivity index (χ4v) is 4.25. The molecule has 1 aromatic heterocycles. The van der Waals surface area contributed by atoms with Crippen molar-refractivity contribution in [3.8, 4) is 0 Å². The van der Waals surface area contributed by atoms with Crippen molar-refractivity contribution in [3.63, 3.8) is 0 Å². The van der Waals surface area contributed by atoms with Crippen LogP contribution in [0.15, 0.2) is 10.7 Å². The van der Waals surface area contributed by atoms with Gasteiger partial charge in [0.15, 0.2) is 0 Å². The van der Waals surface area contributed by atoms with E-state index in [-0.39, 0.29) is 10.8 Å². The summed E-state index contributed by atoms with van der Waals surface area (Å²) in [6, 6.07) is -0.00117. The van der Waals surface area contributed by atoms with Crippen molar-refractivity contribution in [2.45, 2.75) is 37.1 Å². The lowest BCUT2D eigenvalue weighted by atomic mass is 9.94. The Bertz CT molecular complexity index is 404. The van der Waals surface area contributed by atoms with E-state index in [1.165, 1.54) is 18.6 Å². The van der Waals surface area contributed by atoms with E-state index < -0.39 is 0 Å². The van der Waals surface area contributed by atoms with Crippen LogP contribution >= 0.6 is 27.7 Å². The molecule has 2 rings (SSSR count). The van der Waals surface area contributed by atoms with Gasteiger partial charge in [0.1, 0.15) is 0 Å². The molecule has 1 aliphatic rings. The molecule has 2 unspecified atom stereocenters. The van der Waals surface area contributed by atoms with Crippen LogP contribution in [-0.4, -0.2) is 34.0 Å². The molecule has 6 heteroatoms. The molecule has 2 heterocycles. The first-order valence-electron chi connectivity index (χ1n) is 6.18. The number of rotatable bonds is 5. The average molecular weight is 334 g/mol. The number of aromatic nitrogens is 2. The maximum Gasteiger partial charge on any atom is 0.0708 e. The normalized spacial score (nSPS) is 25.6. The van der Waals surface area contributed by atoms with Gasteiger partial charge in [0.25, 0.3) is 0 Å². The predicted octanol–water partition coefficient (Wildman–Crippen LogP) is 2.58. The van der Waals surface area contributed by atoms with Crippen LogP contribution in [0, 0.1) is 0 Å². The molecule has 0 radical (unpaired) electrons. The van der Waals surface area contributed by atoms with Gasteiger partial charge in [-0.15, -0.1) is 0 Å². The van der Waals surface area contributed by atoms with Gasteiger partial charge in [-0.3, -0.25) is 4.68 Å². The molecule has 0 spiro atoms. The Kier molecular flexibility index (Phi) is 4.75. The van der Waals surface area contributed by atoms with Crippen LogP contribution in [0.2, 0.25) is 0 Å². The maximum atomic E-state index is 6.50. The monoisotopic (exact) mass is 333 g/mol. The third-order valence-electron chi connectivity index (χ3n) is 3.54. The van der Waals surface area contributed by atoms with Gasteiger partial charge in [-0.2, -0.15) is 16.9 Å². The number of hydrogen-bond acceptors (Lipinski definition) is 4. The summed E-state index contributed by atoms with van der Waals surface area (Å²) in [6.07, 6.45) is 4.24. The molecular weight excluding hydrogens is 314 g/mol. The van der Waals surface area contributed by atoms with Gasteiger partial charge < -0.3 is 10.5 Å². The van der Waals surface area contributed by atoms with Gasteiger partial charge >= 0.3 is 0 Å². The summed E-state index contributed by atoms with van der Waals surface area (Å²) in [4.78, 5) is 0. The highest BCUT2D eigenvalue weighted by Gasteiger charge is 2.39. The van der Waals surface area contributed by atoms with E-state index in [2.05, 4.69) is 28.0 Å². The largest absolute Gasteiger partial charge is 0.383 e. The van der Waals surface area contributed by atoms with Crippen LogP contribution < -0.4 is 5.73 Å². The van der Waals surface area contributed by atoms with Crippen molar-refractivity contribution < 1.29 is 4.74 Å². The van der Waals surface area contributed by atoms with Crippen LogP contribution in [0.1, 0.15) is 31.5 Å². The van der Waals surface area contributed by atoms with E-state index in [1.54, 1.807) is 7.11 Å². The smallest absolute Gasteiger partial charge is 0.0708 e. The van der Waals surface area contributed by atoms with Gasteiger partial charge in [-0.05, 0) is 41.4 Å². The first kappa shape index (κ1) is 14.4. The van der Waals surface area contributed by atoms with Crippen LogP contribution in [0.5, 0.6) is 0 Å². The minimum atomic E-state index is -0.00117. The molecule has 2 atom stereocenters. The highest BCUT2D eigenvalue weighted by molar-refractivity contribution is 9.10. The average Bonchev–Trinajstić information content (AvgIpc) is 2.93. The fraction of sp³-hybridized carbons (Fsp3) is 0.750. The maximum absolute atomic E-state index is 6.50. The second kappa shape index (κ2) is 5.94. The number of hydrogen-bond donors (Lipinski definition) is 1. The molecule has 0 saturated carbocycles. The number of thioether (sulfide) groups is 1. The number of nitrogens with two attached hydrogens (primary N) is 1. The second-order valence-electron chi connectivity index (χ2n) is 4.84. The van der Waals surface area contributed by atoms with E-state index in [4.69, 9.17) is 10.5 Å². The summed E-state index contributed by atoms with van der Waals surface area (Å²) in [5, 5.41) is 4.38. The molecule has 1 fully saturated rings. The third-order valence-corrected chi connectivity index (χ3v) is 5.76. The number of ether oxygens (including phenoxy) is 1. The van der Waals surface area contributed by atoms with E-state index in [9.17, 15) is 0 Å². The Labute approximate surface area is 121 Å². The summed E-state index contributed by atoms with van der Waals surface area (Å²) in [5.41, 5.74) is 7.59. The lowest BCUT2D eigenvalue weighted by Crippen LogP contribution is -2.35. The van der Waals surface area contributed by atoms with Crippen LogP contribution in [0.4, 0.5) is 0 Å². The van der Waals surface area contributed by atoms with Gasteiger partial charge in [0, 0.05) is 11.9 Å². The topological polar surface area (TPSA) is 53.1 Å². The molecule has 0 aromatic carbocycles. The zero-order valence-electron chi connectivity index (χ0n) is 10.9. The summed E-state index contributed by atoms with van der Waals surface area (Å²) in [6.45, 7) is 3.65. The van der Waals surface area contributed by atoms with Gasteiger partial charge in [0.05, 0.1) is 35.6 Å². The minimum Gasteiger partial charge on any atom is -0.383 e. The van der Waals surface area contributed by atoms with Gasteiger partial charge in [-0.25, -0.2) is 0 Å². The molecular formula is C12H20BrN3OS. The summed E-state index contributed by atoms with van der Waals surface area (Å²) < 4.78 is 8.20. The van der Waals surface area contributed by atoms with Gasteiger partial charge in [-0.1, -0.05) is 0 Å². The van der Waals surface area contributed by atoms with Crippen molar-refractivity contribution in [1.29, 1.82) is 0 Å². The number of halogens is 1. The first-order chi connectivity index (χ1) is 8.58. The van der Waals surface area contributed by atoms with E-state index in [0.717, 1.165) is 16.7 Å². The quantitative estimate of drug-likeness (QED) is 0.899. The first-order valence-corrected chi connectivity index (χ1v) is 7.96. The van der Waals surface area contributed by atoms with Crippen molar-refractivity contribution in [2.24, 2.45) is 5.73 Å². The highest BCUT2D eigenvalue weighted by atomic mass is 79.9. The molecule has 18 heavy (non-hydrogen) atoms. The predicted molar refractivity (Wildman–Crippen MR) is 78.8 cm³/mol. The Hall–Kier alpha value is -0.0400. The Balaban J connectivity index is 2.23. The van der Waals surface area contributed by atoms with E-state index >= 15 is 0 Å². The van der Waals surface area contributed by atoms with Crippen LogP contribution in [0.3, 0.4) is 0 Å². The summed E-state index contributed by atoms with van der Waals surface area (Å²) in [7, 11) is 1.70. The molecule has 2 N–H and O–H groups in total. The molecule has 0 amide bonds. The lowest BCUT2D eigenvalue weighted by Gasteiger charge is -2.31. The SMILES string of the molecule is COCCn1ncc(Br)c1C(N)C1(C)CCCS1. The third kappa shape index (κ3) is 2.76. The Morgan fingerprint density at radius 2 is 2.50 bits per heavy atom. The lowest BCUT2D eigenvalue weighted by molar-refractivity contribution is 0.181. The molecule has 4 nitrogen and oxygen atoms in total. The summed E-state index contributed by atoms with van der Waals surface area (Å²) >= 11 is 5.54. The van der Waals surface area contributed by atoms with E-state index in [0.29, 0.717) is 6.61 Å². The Morgan fingerprint density at radius 3 is 3.11 bits per heavy atom. The minimum absolute atomic E-state index is 0.00117. The van der Waals surface area contributed by atoms with Gasteiger partial charge in [0.2, 0.25) is 0 Å². The fourth-order valence-electron chi connectivity index (χ4n) is 2.37. The molecule has 102 valence electrons. The zero-order valence-corrected chi connectivity index (χ0v) is 13.3. The molecule has 0 aliphatic carbocycles. The molecule has 1 aromatic rings. The molecule has 1 aliphatic heterocycles. The standard InChI is InChI=1S/C12H20BrN3OS/c1-12(4-3-7-18-12)11(14)10-9(13)8-15-16(10)5-6-17-2/h8,11H,3-7,14H2,1-2H3. The Morgan fingerprint density at radius 1 is 1.72 bits per heavy atom. The van der Waals surface area contributed by atoms with Crippen molar-refractivity contribution >= 4 is 27.7 Å². The summed E-state index contributed by atoms with van der Waals surface area (Å²) in [5.74, 6) is 1.20. The van der Waals surface area contributed by atoms with Crippen molar-refractivity contribution in [2.75, 3.05) is 19.5 Å². The van der Waals surface area contributed by atoms with Crippen molar-refractivity contribution in [3.05, 3.63) is 16.4 Å². The van der Waals surface area contributed by atoms with Crippen LogP contribution in [-0.2, 0) is 11.3 Å². The number of nitrogens with zero attached hydrogens (tertiary/aromatic N) is 2.